The highest BCUT2D eigenvalue weighted by atomic mass is 32.1. The number of fused-ring (bicyclic) bond motifs is 6. The third-order valence-corrected chi connectivity index (χ3v) is 6.95. The fourth-order valence-electron chi connectivity index (χ4n) is 4.43. The lowest BCUT2D eigenvalue weighted by Gasteiger charge is -1.97. The number of para-hydroxylation sites is 2. The first-order valence-electron chi connectivity index (χ1n) is 10.2. The summed E-state index contributed by atoms with van der Waals surface area (Å²) in [4.78, 5) is 7.02. The van der Waals surface area contributed by atoms with Crippen molar-refractivity contribution in [2.24, 2.45) is 0 Å². The van der Waals surface area contributed by atoms with Crippen LogP contribution in [0.4, 0.5) is 0 Å². The van der Waals surface area contributed by atoms with Crippen molar-refractivity contribution in [2.75, 3.05) is 0 Å². The van der Waals surface area contributed by atoms with Crippen molar-refractivity contribution >= 4 is 54.9 Å². The summed E-state index contributed by atoms with van der Waals surface area (Å²) in [5.74, 6) is 0. The highest BCUT2D eigenvalue weighted by Gasteiger charge is 2.12. The summed E-state index contributed by atoms with van der Waals surface area (Å²) in [6.45, 7) is 0. The molecule has 0 amide bonds. The van der Waals surface area contributed by atoms with E-state index in [0.29, 0.717) is 0 Å². The quantitative estimate of drug-likeness (QED) is 0.315. The number of rotatable bonds is 2. The van der Waals surface area contributed by atoms with Gasteiger partial charge in [0.25, 0.3) is 0 Å². The SMILES string of the molecule is c1ccc2c(c1)[nH]c1cc(-c3nnc(-c4ccc5c(c4)[nH]c4ccccc45)s3)ccc12. The van der Waals surface area contributed by atoms with Gasteiger partial charge in [-0.05, 0) is 24.3 Å². The van der Waals surface area contributed by atoms with Gasteiger partial charge in [0.2, 0.25) is 0 Å². The second-order valence-electron chi connectivity index (χ2n) is 7.77. The van der Waals surface area contributed by atoms with Crippen LogP contribution in [0.15, 0.2) is 84.9 Å². The predicted molar refractivity (Wildman–Crippen MR) is 130 cm³/mol. The number of benzene rings is 4. The number of nitrogens with one attached hydrogen (secondary N) is 2. The smallest absolute Gasteiger partial charge is 0.148 e. The average molecular weight is 417 g/mol. The zero-order valence-corrected chi connectivity index (χ0v) is 17.2. The molecule has 31 heavy (non-hydrogen) atoms. The molecule has 0 aliphatic rings. The van der Waals surface area contributed by atoms with E-state index in [2.05, 4.69) is 105 Å². The Balaban J connectivity index is 1.31. The minimum atomic E-state index is 0.923. The van der Waals surface area contributed by atoms with E-state index in [1.807, 2.05) is 0 Å². The molecule has 0 spiro atoms. The van der Waals surface area contributed by atoms with Crippen molar-refractivity contribution in [3.63, 3.8) is 0 Å². The van der Waals surface area contributed by atoms with Crippen molar-refractivity contribution < 1.29 is 0 Å². The fraction of sp³-hybridized carbons (Fsp3) is 0. The number of H-pyrrole nitrogens is 2. The minimum Gasteiger partial charge on any atom is -0.354 e. The van der Waals surface area contributed by atoms with Crippen LogP contribution >= 0.6 is 11.3 Å². The Morgan fingerprint density at radius 1 is 0.484 bits per heavy atom. The van der Waals surface area contributed by atoms with Gasteiger partial charge in [0, 0.05) is 54.7 Å². The molecule has 0 fully saturated rings. The van der Waals surface area contributed by atoms with Crippen LogP contribution in [0.3, 0.4) is 0 Å². The predicted octanol–water partition coefficient (Wildman–Crippen LogP) is 7.14. The molecule has 4 nitrogen and oxygen atoms in total. The highest BCUT2D eigenvalue weighted by molar-refractivity contribution is 7.17. The first kappa shape index (κ1) is 16.8. The molecule has 3 heterocycles. The van der Waals surface area contributed by atoms with Gasteiger partial charge in [-0.3, -0.25) is 0 Å². The van der Waals surface area contributed by atoms with E-state index < -0.39 is 0 Å². The summed E-state index contributed by atoms with van der Waals surface area (Å²) in [7, 11) is 0. The molecular weight excluding hydrogens is 400 g/mol. The third kappa shape index (κ3) is 2.54. The van der Waals surface area contributed by atoms with Crippen LogP contribution in [-0.2, 0) is 0 Å². The van der Waals surface area contributed by atoms with Gasteiger partial charge >= 0.3 is 0 Å². The molecule has 0 saturated heterocycles. The van der Waals surface area contributed by atoms with Gasteiger partial charge in [0.15, 0.2) is 0 Å². The Labute approximate surface area is 181 Å². The van der Waals surface area contributed by atoms with Crippen LogP contribution in [0.1, 0.15) is 0 Å². The molecule has 0 aliphatic heterocycles. The molecule has 7 aromatic rings. The first-order chi connectivity index (χ1) is 15.3. The number of hydrogen-bond donors (Lipinski definition) is 2. The standard InChI is InChI=1S/C26H16N4S/c1-3-7-21-17(5-1)19-11-9-15(13-23(19)27-21)25-29-30-26(31-25)16-10-12-20-18-6-2-4-8-22(18)28-24(20)14-16/h1-14,27-28H. The van der Waals surface area contributed by atoms with E-state index in [1.165, 1.54) is 21.5 Å². The monoisotopic (exact) mass is 416 g/mol. The van der Waals surface area contributed by atoms with Crippen LogP contribution in [0, 0.1) is 0 Å². The molecule has 0 saturated carbocycles. The van der Waals surface area contributed by atoms with E-state index in [0.717, 1.165) is 43.2 Å². The summed E-state index contributed by atoms with van der Waals surface area (Å²) in [6, 6.07) is 29.7. The molecule has 0 aliphatic carbocycles. The maximum absolute atomic E-state index is 4.49. The Bertz CT molecular complexity index is 1620. The largest absolute Gasteiger partial charge is 0.354 e. The van der Waals surface area contributed by atoms with Gasteiger partial charge in [-0.15, -0.1) is 10.2 Å². The van der Waals surface area contributed by atoms with Crippen molar-refractivity contribution in [3.8, 4) is 21.1 Å². The zero-order chi connectivity index (χ0) is 20.4. The Kier molecular flexibility index (Phi) is 3.40. The van der Waals surface area contributed by atoms with Crippen LogP contribution < -0.4 is 0 Å². The molecule has 0 atom stereocenters. The van der Waals surface area contributed by atoms with Gasteiger partial charge in [0.05, 0.1) is 0 Å². The Morgan fingerprint density at radius 3 is 1.45 bits per heavy atom. The molecule has 2 N–H and O–H groups in total. The second kappa shape index (κ2) is 6.27. The summed E-state index contributed by atoms with van der Waals surface area (Å²) in [5.41, 5.74) is 6.70. The lowest BCUT2D eigenvalue weighted by atomic mass is 10.1. The molecule has 0 radical (unpaired) electrons. The maximum atomic E-state index is 4.49. The van der Waals surface area contributed by atoms with Crippen LogP contribution in [0.25, 0.3) is 64.8 Å². The van der Waals surface area contributed by atoms with Gasteiger partial charge in [-0.1, -0.05) is 72.0 Å². The second-order valence-corrected chi connectivity index (χ2v) is 8.75. The maximum Gasteiger partial charge on any atom is 0.148 e. The van der Waals surface area contributed by atoms with Crippen LogP contribution in [-0.4, -0.2) is 20.2 Å². The van der Waals surface area contributed by atoms with E-state index in [4.69, 9.17) is 0 Å². The van der Waals surface area contributed by atoms with Crippen molar-refractivity contribution in [1.29, 1.82) is 0 Å². The van der Waals surface area contributed by atoms with E-state index >= 15 is 0 Å². The van der Waals surface area contributed by atoms with E-state index in [9.17, 15) is 0 Å². The minimum absolute atomic E-state index is 0.923. The summed E-state index contributed by atoms with van der Waals surface area (Å²) < 4.78 is 0. The summed E-state index contributed by atoms with van der Waals surface area (Å²) >= 11 is 1.62. The molecule has 4 aromatic carbocycles. The van der Waals surface area contributed by atoms with Crippen molar-refractivity contribution in [1.82, 2.24) is 20.2 Å². The van der Waals surface area contributed by atoms with Gasteiger partial charge in [0.1, 0.15) is 10.0 Å². The topological polar surface area (TPSA) is 57.4 Å². The molecule has 5 heteroatoms. The zero-order valence-electron chi connectivity index (χ0n) is 16.4. The lowest BCUT2D eigenvalue weighted by Crippen LogP contribution is -1.78. The third-order valence-electron chi connectivity index (χ3n) is 5.93. The number of nitrogens with zero attached hydrogens (tertiary/aromatic N) is 2. The van der Waals surface area contributed by atoms with Gasteiger partial charge < -0.3 is 9.97 Å². The molecule has 146 valence electrons. The van der Waals surface area contributed by atoms with Crippen molar-refractivity contribution in [3.05, 3.63) is 84.9 Å². The van der Waals surface area contributed by atoms with Gasteiger partial charge in [-0.25, -0.2) is 0 Å². The van der Waals surface area contributed by atoms with Crippen LogP contribution in [0.2, 0.25) is 0 Å². The molecular formula is C26H16N4S. The molecule has 0 unspecified atom stereocenters. The number of aromatic amines is 2. The Hall–Kier alpha value is -3.96. The number of hydrogen-bond acceptors (Lipinski definition) is 3. The van der Waals surface area contributed by atoms with Gasteiger partial charge in [-0.2, -0.15) is 0 Å². The Morgan fingerprint density at radius 2 is 0.935 bits per heavy atom. The average Bonchev–Trinajstić information content (AvgIpc) is 3.53. The first-order valence-corrected chi connectivity index (χ1v) is 11.0. The van der Waals surface area contributed by atoms with E-state index in [-0.39, 0.29) is 0 Å². The summed E-state index contributed by atoms with van der Waals surface area (Å²) in [6.07, 6.45) is 0. The van der Waals surface area contributed by atoms with Crippen molar-refractivity contribution in [2.45, 2.75) is 0 Å². The highest BCUT2D eigenvalue weighted by Crippen LogP contribution is 2.35. The molecule has 3 aromatic heterocycles. The number of aromatic nitrogens is 4. The molecule has 0 bridgehead atoms. The van der Waals surface area contributed by atoms with E-state index in [1.54, 1.807) is 11.3 Å². The summed E-state index contributed by atoms with van der Waals surface area (Å²) in [5, 5.41) is 15.8. The fourth-order valence-corrected chi connectivity index (χ4v) is 5.27. The normalized spacial score (nSPS) is 11.9. The lowest BCUT2D eigenvalue weighted by molar-refractivity contribution is 1.10. The molecule has 7 rings (SSSR count). The van der Waals surface area contributed by atoms with Crippen LogP contribution in [0.5, 0.6) is 0 Å².